The van der Waals surface area contributed by atoms with Crippen molar-refractivity contribution in [2.75, 3.05) is 6.54 Å². The maximum atomic E-state index is 12.9. The number of amides is 1. The van der Waals surface area contributed by atoms with E-state index in [4.69, 9.17) is 23.2 Å². The molecule has 7 rings (SSSR count). The van der Waals surface area contributed by atoms with E-state index < -0.39 is 62.8 Å². The van der Waals surface area contributed by atoms with E-state index in [1.165, 1.54) is 32.1 Å². The molecule has 0 radical (unpaired) electrons. The average Bonchev–Trinajstić information content (AvgIpc) is 3.89. The van der Waals surface area contributed by atoms with Crippen LogP contribution in [-0.2, 0) is 45.8 Å². The van der Waals surface area contributed by atoms with Gasteiger partial charge in [-0.25, -0.2) is 4.98 Å². The number of pyridine rings is 1. The summed E-state index contributed by atoms with van der Waals surface area (Å²) in [5.74, 6) is -0.957. The third-order valence-electron chi connectivity index (χ3n) is 10.2. The van der Waals surface area contributed by atoms with Crippen molar-refractivity contribution < 1.29 is 36.2 Å². The molecule has 7 aromatic rings. The normalized spacial score (nSPS) is 12.9. The largest absolute Gasteiger partial charge is 0.417 e. The van der Waals surface area contributed by atoms with Crippen LogP contribution in [-0.4, -0.2) is 52.0 Å². The Kier molecular flexibility index (Phi) is 15.5. The lowest BCUT2D eigenvalue weighted by Gasteiger charge is -2.40. The van der Waals surface area contributed by atoms with Crippen LogP contribution in [0.2, 0.25) is 10.0 Å². The van der Waals surface area contributed by atoms with Crippen LogP contribution in [0.5, 0.6) is 0 Å². The monoisotopic (exact) mass is 985 g/mol. The van der Waals surface area contributed by atoms with Crippen LogP contribution in [0.3, 0.4) is 0 Å². The highest BCUT2D eigenvalue weighted by atomic mass is 35.5. The van der Waals surface area contributed by atoms with E-state index in [1.807, 2.05) is 45.0 Å². The van der Waals surface area contributed by atoms with Crippen LogP contribution in [0.15, 0.2) is 92.6 Å². The number of aliphatic hydroxyl groups is 1. The number of nitrogens with one attached hydrogen (secondary N) is 1. The van der Waals surface area contributed by atoms with Gasteiger partial charge in [0.1, 0.15) is 31.5 Å². The Bertz CT molecular complexity index is 2880. The minimum absolute atomic E-state index is 0.0447. The number of hydrogen-bond donors (Lipinski definition) is 2. The molecule has 0 bridgehead atoms. The fourth-order valence-electron chi connectivity index (χ4n) is 6.15. The second kappa shape index (κ2) is 19.9. The zero-order chi connectivity index (χ0) is 48.2. The second-order valence-electron chi connectivity index (χ2n) is 15.6. The van der Waals surface area contributed by atoms with E-state index >= 15 is 0 Å². The number of carbonyl (C=O) groups excluding carboxylic acids is 1. The highest BCUT2D eigenvalue weighted by molar-refractivity contribution is 7.36. The molecule has 2 N–H and O–H groups in total. The fourth-order valence-corrected chi connectivity index (χ4v) is 9.06. The Balaban J connectivity index is 0.000000186. The molecule has 5 heterocycles. The number of carbonyl (C=O) groups is 1. The molecular weight excluding hydrogens is 948 g/mol. The molecule has 346 valence electrons. The Morgan fingerprint density at radius 2 is 1.32 bits per heavy atom. The smallest absolute Gasteiger partial charge is 0.387 e. The summed E-state index contributed by atoms with van der Waals surface area (Å²) in [6, 6.07) is 12.7. The van der Waals surface area contributed by atoms with Crippen molar-refractivity contribution in [3.8, 4) is 0 Å². The summed E-state index contributed by atoms with van der Waals surface area (Å²) in [6.07, 6.45) is -4.16. The summed E-state index contributed by atoms with van der Waals surface area (Å²) in [5, 5.41) is 18.0. The van der Waals surface area contributed by atoms with Gasteiger partial charge in [0.05, 0.1) is 39.6 Å². The van der Waals surface area contributed by atoms with Gasteiger partial charge in [0.15, 0.2) is 0 Å². The number of aryl methyl sites for hydroxylation is 1. The van der Waals surface area contributed by atoms with Gasteiger partial charge in [0, 0.05) is 38.3 Å². The lowest BCUT2D eigenvalue weighted by atomic mass is 9.73. The molecule has 0 aliphatic carbocycles. The molecule has 13 nitrogen and oxygen atoms in total. The number of nitrogens with zero attached hydrogens (tertiary/aromatic N) is 6. The van der Waals surface area contributed by atoms with Crippen LogP contribution in [0.1, 0.15) is 59.9 Å². The van der Waals surface area contributed by atoms with E-state index in [9.17, 15) is 55.4 Å². The lowest BCUT2D eigenvalue weighted by Crippen LogP contribution is -2.47. The first-order valence-corrected chi connectivity index (χ1v) is 21.6. The first-order valence-electron chi connectivity index (χ1n) is 19.2. The van der Waals surface area contributed by atoms with Crippen molar-refractivity contribution in [3.63, 3.8) is 0 Å². The number of alkyl halides is 6. The predicted molar refractivity (Wildman–Crippen MR) is 237 cm³/mol. The molecule has 5 aromatic heterocycles. The molecular formula is C42H39Cl2F6N7O6S2. The van der Waals surface area contributed by atoms with Gasteiger partial charge in [0.2, 0.25) is 0 Å². The van der Waals surface area contributed by atoms with Crippen LogP contribution >= 0.6 is 45.9 Å². The van der Waals surface area contributed by atoms with E-state index in [0.29, 0.717) is 25.2 Å². The van der Waals surface area contributed by atoms with Crippen molar-refractivity contribution in [2.45, 2.75) is 64.5 Å². The fraction of sp³-hybridized carbons (Fsp3) is 0.333. The van der Waals surface area contributed by atoms with Gasteiger partial charge in [-0.3, -0.25) is 42.8 Å². The minimum atomic E-state index is -4.69. The Labute approximate surface area is 382 Å². The van der Waals surface area contributed by atoms with Crippen LogP contribution in [0, 0.1) is 5.41 Å². The van der Waals surface area contributed by atoms with E-state index in [1.54, 1.807) is 11.0 Å². The molecule has 0 saturated heterocycles. The molecule has 1 amide bonds. The van der Waals surface area contributed by atoms with Crippen molar-refractivity contribution in [1.29, 1.82) is 0 Å². The molecule has 23 heteroatoms. The standard InChI is InChI=1S/C16H11ClF6N2O.C16H22ClN3O.C10H6N2O4S2/c17-12-7-9(15(18,19)20)8-25-13(12)5-6-24-14(26)10-3-1-2-4-11(10)16(21,22)23;1-15(2,3)16(21,10-20-12-18-11-19-20)9-8-13-4-6-14(17)7-5-13;1-11-7(13)3-4(8(11)14)18-6-5(17-3)9(15)12(2)10(6)16/h1-4,7-8H,5-6H2,(H,24,26);4-7,11-12,21H,8-10H2,1-3H3;1-2H3. The number of halogens is 8. The number of aromatic nitrogens is 6. The summed E-state index contributed by atoms with van der Waals surface area (Å²) in [7, 11) is 2.76. The topological polar surface area (TPSA) is 171 Å². The van der Waals surface area contributed by atoms with Gasteiger partial charge in [-0.15, -0.1) is 22.7 Å². The van der Waals surface area contributed by atoms with E-state index in [-0.39, 0.29) is 47.9 Å². The SMILES string of the molecule is CC(C)(C)C(O)(CCc1ccc(Cl)cc1)Cn1cncn1.Cn1c(=O)c2sc3c(=O)n(C)c(=O)c3sc2c1=O.O=C(NCCc1ncc(C(F)(F)F)cc1Cl)c1ccccc1C(F)(F)F. The van der Waals surface area contributed by atoms with E-state index in [2.05, 4.69) is 20.4 Å². The molecule has 0 aliphatic heterocycles. The number of benzene rings is 2. The van der Waals surface area contributed by atoms with Crippen LogP contribution < -0.4 is 27.6 Å². The van der Waals surface area contributed by atoms with E-state index in [0.717, 1.165) is 61.5 Å². The minimum Gasteiger partial charge on any atom is -0.387 e. The van der Waals surface area contributed by atoms with Crippen LogP contribution in [0.4, 0.5) is 26.3 Å². The van der Waals surface area contributed by atoms with Crippen molar-refractivity contribution in [1.82, 2.24) is 34.2 Å². The first-order chi connectivity index (χ1) is 30.2. The third kappa shape index (κ3) is 11.9. The summed E-state index contributed by atoms with van der Waals surface area (Å²) in [6.45, 7) is 6.43. The number of fused-ring (bicyclic) bond motifs is 2. The third-order valence-corrected chi connectivity index (χ3v) is 13.4. The van der Waals surface area contributed by atoms with Gasteiger partial charge in [-0.1, -0.05) is 68.2 Å². The molecule has 0 saturated carbocycles. The molecule has 1 unspecified atom stereocenters. The maximum Gasteiger partial charge on any atom is 0.417 e. The van der Waals surface area contributed by atoms with Crippen molar-refractivity contribution in [3.05, 3.63) is 153 Å². The molecule has 0 aliphatic rings. The Hall–Kier alpha value is -5.48. The zero-order valence-electron chi connectivity index (χ0n) is 35.0. The van der Waals surface area contributed by atoms with Gasteiger partial charge in [0.25, 0.3) is 28.1 Å². The van der Waals surface area contributed by atoms with Crippen molar-refractivity contribution >= 4 is 70.6 Å². The molecule has 2 aromatic carbocycles. The quantitative estimate of drug-likeness (QED) is 0.137. The summed E-state index contributed by atoms with van der Waals surface area (Å²) >= 11 is 13.5. The Morgan fingerprint density at radius 1 is 0.785 bits per heavy atom. The first kappa shape index (κ1) is 50.5. The van der Waals surface area contributed by atoms with Gasteiger partial charge in [-0.05, 0) is 54.2 Å². The highest BCUT2D eigenvalue weighted by Crippen LogP contribution is 2.36. The summed E-state index contributed by atoms with van der Waals surface area (Å²) in [5.41, 5.74) is -4.20. The van der Waals surface area contributed by atoms with Crippen molar-refractivity contribution in [2.24, 2.45) is 19.5 Å². The number of hydrogen-bond acceptors (Lipinski definition) is 11. The number of rotatable bonds is 9. The van der Waals surface area contributed by atoms with Gasteiger partial charge in [-0.2, -0.15) is 31.4 Å². The second-order valence-corrected chi connectivity index (χ2v) is 18.4. The highest BCUT2D eigenvalue weighted by Gasteiger charge is 2.40. The maximum absolute atomic E-state index is 12.9. The Morgan fingerprint density at radius 3 is 1.78 bits per heavy atom. The molecule has 0 spiro atoms. The lowest BCUT2D eigenvalue weighted by molar-refractivity contribution is -0.138. The predicted octanol–water partition coefficient (Wildman–Crippen LogP) is 7.76. The van der Waals surface area contributed by atoms with Crippen LogP contribution in [0.25, 0.3) is 18.8 Å². The molecule has 65 heavy (non-hydrogen) atoms. The van der Waals surface area contributed by atoms with Gasteiger partial charge < -0.3 is 10.4 Å². The molecule has 1 atom stereocenters. The average molecular weight is 987 g/mol. The molecule has 0 fully saturated rings. The van der Waals surface area contributed by atoms with Gasteiger partial charge >= 0.3 is 12.4 Å². The summed E-state index contributed by atoms with van der Waals surface area (Å²) in [4.78, 5) is 66.6. The zero-order valence-corrected chi connectivity index (χ0v) is 38.1. The summed E-state index contributed by atoms with van der Waals surface area (Å²) < 4.78 is 80.9.